The Bertz CT molecular complexity index is 781. The van der Waals surface area contributed by atoms with E-state index in [1.165, 1.54) is 24.3 Å². The number of hydrogen-bond acceptors (Lipinski definition) is 4. The van der Waals surface area contributed by atoms with Crippen LogP contribution in [0.2, 0.25) is 0 Å². The highest BCUT2D eigenvalue weighted by Gasteiger charge is 2.06. The van der Waals surface area contributed by atoms with Crippen molar-refractivity contribution in [2.45, 2.75) is 20.5 Å². The first kappa shape index (κ1) is 20.4. The Morgan fingerprint density at radius 3 is 2.26 bits per heavy atom. The third kappa shape index (κ3) is 7.45. The van der Waals surface area contributed by atoms with Crippen molar-refractivity contribution in [1.29, 1.82) is 0 Å². The topological polar surface area (TPSA) is 71.6 Å². The molecule has 2 aromatic carbocycles. The SMILES string of the molecule is Cc1cc(C)cc(OCC(=O)NNC(=S)Nc2ccc(OC(F)F)cc2)c1. The molecule has 0 bridgehead atoms. The molecule has 0 spiro atoms. The molecule has 0 radical (unpaired) electrons. The summed E-state index contributed by atoms with van der Waals surface area (Å²) >= 11 is 5.04. The summed E-state index contributed by atoms with van der Waals surface area (Å²) in [6.07, 6.45) is 0. The molecule has 6 nitrogen and oxygen atoms in total. The molecule has 0 heterocycles. The van der Waals surface area contributed by atoms with Gasteiger partial charge in [-0.05, 0) is 73.6 Å². The molecule has 0 aliphatic rings. The second kappa shape index (κ2) is 9.67. The quantitative estimate of drug-likeness (QED) is 0.515. The first-order valence-electron chi connectivity index (χ1n) is 7.93. The third-order valence-corrected chi connectivity index (χ3v) is 3.42. The highest BCUT2D eigenvalue weighted by Crippen LogP contribution is 2.18. The summed E-state index contributed by atoms with van der Waals surface area (Å²) in [5.74, 6) is 0.222. The van der Waals surface area contributed by atoms with Gasteiger partial charge in [0.1, 0.15) is 11.5 Å². The third-order valence-electron chi connectivity index (χ3n) is 3.22. The predicted octanol–water partition coefficient (Wildman–Crippen LogP) is 3.30. The average molecular weight is 395 g/mol. The molecule has 0 atom stereocenters. The fourth-order valence-corrected chi connectivity index (χ4v) is 2.38. The van der Waals surface area contributed by atoms with Crippen LogP contribution in [0, 0.1) is 13.8 Å². The number of carbonyl (C=O) groups excluding carboxylic acids is 1. The van der Waals surface area contributed by atoms with E-state index in [1.807, 2.05) is 32.0 Å². The number of hydrazine groups is 1. The van der Waals surface area contributed by atoms with Crippen molar-refractivity contribution in [2.75, 3.05) is 11.9 Å². The van der Waals surface area contributed by atoms with Gasteiger partial charge in [0.05, 0.1) is 0 Å². The maximum Gasteiger partial charge on any atom is 0.387 e. The summed E-state index contributed by atoms with van der Waals surface area (Å²) in [5.41, 5.74) is 7.54. The summed E-state index contributed by atoms with van der Waals surface area (Å²) in [6.45, 7) is 0.820. The average Bonchev–Trinajstić information content (AvgIpc) is 2.58. The van der Waals surface area contributed by atoms with E-state index in [-0.39, 0.29) is 17.5 Å². The van der Waals surface area contributed by atoms with Crippen molar-refractivity contribution in [3.8, 4) is 11.5 Å². The minimum absolute atomic E-state index is 0.0336. The van der Waals surface area contributed by atoms with Crippen molar-refractivity contribution < 1.29 is 23.0 Å². The van der Waals surface area contributed by atoms with Crippen LogP contribution in [0.1, 0.15) is 11.1 Å². The van der Waals surface area contributed by atoms with Crippen molar-refractivity contribution in [2.24, 2.45) is 0 Å². The molecule has 144 valence electrons. The minimum Gasteiger partial charge on any atom is -0.484 e. The molecule has 0 saturated carbocycles. The molecule has 0 aromatic heterocycles. The number of anilines is 1. The second-order valence-electron chi connectivity index (χ2n) is 5.64. The molecular weight excluding hydrogens is 376 g/mol. The van der Waals surface area contributed by atoms with Crippen LogP contribution in [-0.2, 0) is 4.79 Å². The lowest BCUT2D eigenvalue weighted by molar-refractivity contribution is -0.123. The number of hydrogen-bond donors (Lipinski definition) is 3. The monoisotopic (exact) mass is 395 g/mol. The van der Waals surface area contributed by atoms with Crippen LogP contribution < -0.4 is 25.6 Å². The van der Waals surface area contributed by atoms with Gasteiger partial charge in [-0.25, -0.2) is 0 Å². The van der Waals surface area contributed by atoms with Gasteiger partial charge in [-0.15, -0.1) is 0 Å². The molecule has 27 heavy (non-hydrogen) atoms. The standard InChI is InChI=1S/C18H19F2N3O3S/c1-11-7-12(2)9-15(8-11)25-10-16(24)22-23-18(27)21-13-3-5-14(6-4-13)26-17(19)20/h3-9,17H,10H2,1-2H3,(H,22,24)(H2,21,23,27). The van der Waals surface area contributed by atoms with Gasteiger partial charge in [0, 0.05) is 5.69 Å². The van der Waals surface area contributed by atoms with E-state index in [2.05, 4.69) is 20.9 Å². The Balaban J connectivity index is 1.73. The Kier molecular flexibility index (Phi) is 7.30. The first-order chi connectivity index (χ1) is 12.8. The van der Waals surface area contributed by atoms with Crippen LogP contribution in [0.15, 0.2) is 42.5 Å². The van der Waals surface area contributed by atoms with Gasteiger partial charge < -0.3 is 14.8 Å². The Labute approximate surface area is 160 Å². The number of amides is 1. The Hall–Kier alpha value is -2.94. The molecule has 0 aliphatic heterocycles. The van der Waals surface area contributed by atoms with E-state index in [9.17, 15) is 13.6 Å². The lowest BCUT2D eigenvalue weighted by Crippen LogP contribution is -2.45. The zero-order valence-corrected chi connectivity index (χ0v) is 15.5. The minimum atomic E-state index is -2.88. The van der Waals surface area contributed by atoms with E-state index in [0.29, 0.717) is 11.4 Å². The molecular formula is C18H19F2N3O3S. The number of thiocarbonyl (C=S) groups is 1. The zero-order chi connectivity index (χ0) is 19.8. The number of nitrogens with one attached hydrogen (secondary N) is 3. The van der Waals surface area contributed by atoms with Gasteiger partial charge in [-0.3, -0.25) is 15.6 Å². The summed E-state index contributed by atoms with van der Waals surface area (Å²) in [6, 6.07) is 11.4. The number of halogens is 2. The van der Waals surface area contributed by atoms with Gasteiger partial charge in [0.25, 0.3) is 5.91 Å². The van der Waals surface area contributed by atoms with E-state index >= 15 is 0 Å². The van der Waals surface area contributed by atoms with Gasteiger partial charge in [0.2, 0.25) is 0 Å². The van der Waals surface area contributed by atoms with E-state index < -0.39 is 12.5 Å². The predicted molar refractivity (Wildman–Crippen MR) is 102 cm³/mol. The summed E-state index contributed by atoms with van der Waals surface area (Å²) in [5, 5.41) is 2.91. The van der Waals surface area contributed by atoms with Crippen LogP contribution >= 0.6 is 12.2 Å². The van der Waals surface area contributed by atoms with Crippen LogP contribution in [0.25, 0.3) is 0 Å². The fourth-order valence-electron chi connectivity index (χ4n) is 2.21. The lowest BCUT2D eigenvalue weighted by atomic mass is 10.1. The summed E-state index contributed by atoms with van der Waals surface area (Å²) < 4.78 is 33.9. The molecule has 0 fully saturated rings. The van der Waals surface area contributed by atoms with Crippen molar-refractivity contribution in [3.63, 3.8) is 0 Å². The number of benzene rings is 2. The fraction of sp³-hybridized carbons (Fsp3) is 0.222. The highest BCUT2D eigenvalue weighted by molar-refractivity contribution is 7.80. The van der Waals surface area contributed by atoms with Gasteiger partial charge in [-0.2, -0.15) is 8.78 Å². The second-order valence-corrected chi connectivity index (χ2v) is 6.05. The molecule has 2 rings (SSSR count). The zero-order valence-electron chi connectivity index (χ0n) is 14.7. The van der Waals surface area contributed by atoms with E-state index in [0.717, 1.165) is 11.1 Å². The summed E-state index contributed by atoms with van der Waals surface area (Å²) in [7, 11) is 0. The van der Waals surface area contributed by atoms with Crippen molar-refractivity contribution in [3.05, 3.63) is 53.6 Å². The smallest absolute Gasteiger partial charge is 0.387 e. The first-order valence-corrected chi connectivity index (χ1v) is 8.34. The lowest BCUT2D eigenvalue weighted by Gasteiger charge is -2.13. The molecule has 0 unspecified atom stereocenters. The van der Waals surface area contributed by atoms with E-state index in [1.54, 1.807) is 0 Å². The van der Waals surface area contributed by atoms with Crippen LogP contribution in [0.3, 0.4) is 0 Å². The number of alkyl halides is 2. The maximum atomic E-state index is 12.1. The molecule has 2 aromatic rings. The Morgan fingerprint density at radius 2 is 1.67 bits per heavy atom. The van der Waals surface area contributed by atoms with Crippen molar-refractivity contribution in [1.82, 2.24) is 10.9 Å². The number of aryl methyl sites for hydroxylation is 2. The number of rotatable bonds is 6. The maximum absolute atomic E-state index is 12.1. The molecule has 0 saturated heterocycles. The van der Waals surface area contributed by atoms with Crippen LogP contribution in [-0.4, -0.2) is 24.2 Å². The van der Waals surface area contributed by atoms with Crippen molar-refractivity contribution >= 4 is 28.9 Å². The van der Waals surface area contributed by atoms with Crippen LogP contribution in [0.5, 0.6) is 11.5 Å². The number of carbonyl (C=O) groups is 1. The Morgan fingerprint density at radius 1 is 1.04 bits per heavy atom. The normalized spacial score (nSPS) is 10.3. The molecule has 0 aliphatic carbocycles. The number of ether oxygens (including phenoxy) is 2. The molecule has 9 heteroatoms. The highest BCUT2D eigenvalue weighted by atomic mass is 32.1. The largest absolute Gasteiger partial charge is 0.484 e. The van der Waals surface area contributed by atoms with Gasteiger partial charge in [-0.1, -0.05) is 6.07 Å². The van der Waals surface area contributed by atoms with Gasteiger partial charge >= 0.3 is 6.61 Å². The molecule has 1 amide bonds. The van der Waals surface area contributed by atoms with Crippen LogP contribution in [0.4, 0.5) is 14.5 Å². The summed E-state index contributed by atoms with van der Waals surface area (Å²) in [4.78, 5) is 11.8. The van der Waals surface area contributed by atoms with Gasteiger partial charge in [0.15, 0.2) is 11.7 Å². The molecule has 3 N–H and O–H groups in total. The van der Waals surface area contributed by atoms with E-state index in [4.69, 9.17) is 17.0 Å².